The summed E-state index contributed by atoms with van der Waals surface area (Å²) in [5.41, 5.74) is -0.834. The Kier molecular flexibility index (Phi) is 4.43. The fourth-order valence-electron chi connectivity index (χ4n) is 2.40. The van der Waals surface area contributed by atoms with E-state index in [-0.39, 0.29) is 11.3 Å². The summed E-state index contributed by atoms with van der Waals surface area (Å²) >= 11 is 0. The maximum Gasteiger partial charge on any atom is 0.342 e. The van der Waals surface area contributed by atoms with Gasteiger partial charge >= 0.3 is 5.97 Å². The molecule has 110 valence electrons. The minimum atomic E-state index is -0.835. The zero-order valence-electron chi connectivity index (χ0n) is 11.5. The average molecular weight is 288 g/mol. The molecule has 2 rings (SSSR count). The number of esters is 1. The van der Waals surface area contributed by atoms with Crippen molar-refractivity contribution in [2.75, 3.05) is 6.61 Å². The van der Waals surface area contributed by atoms with Crippen molar-refractivity contribution in [3.05, 3.63) is 29.8 Å². The second kappa shape index (κ2) is 6.27. The molecule has 6 heteroatoms. The van der Waals surface area contributed by atoms with Crippen LogP contribution in [0, 0.1) is 11.3 Å². The van der Waals surface area contributed by atoms with Crippen molar-refractivity contribution in [2.45, 2.75) is 31.2 Å². The maximum atomic E-state index is 11.8. The van der Waals surface area contributed by atoms with E-state index in [1.807, 2.05) is 0 Å². The second-order valence-corrected chi connectivity index (χ2v) is 5.04. The molecule has 1 aliphatic rings. The van der Waals surface area contributed by atoms with Gasteiger partial charge in [-0.15, -0.1) is 0 Å². The van der Waals surface area contributed by atoms with Crippen LogP contribution < -0.4 is 5.32 Å². The maximum absolute atomic E-state index is 11.8. The standard InChI is InChI=1S/C15H16N2O4/c16-10-15(7-3-4-8-15)17-13(19)9-21-14(20)11-5-1-2-6-12(11)18/h1-2,5-6,18H,3-4,7-9H2,(H,17,19). The van der Waals surface area contributed by atoms with E-state index in [4.69, 9.17) is 10.00 Å². The zero-order valence-corrected chi connectivity index (χ0v) is 11.5. The zero-order chi connectivity index (χ0) is 15.3. The Morgan fingerprint density at radius 3 is 2.62 bits per heavy atom. The lowest BCUT2D eigenvalue weighted by Crippen LogP contribution is -2.46. The molecule has 0 spiro atoms. The molecule has 1 fully saturated rings. The van der Waals surface area contributed by atoms with Crippen LogP contribution in [0.25, 0.3) is 0 Å². The molecule has 1 aromatic rings. The number of ether oxygens (including phenoxy) is 1. The average Bonchev–Trinajstić information content (AvgIpc) is 2.94. The molecule has 1 aliphatic carbocycles. The Morgan fingerprint density at radius 2 is 2.00 bits per heavy atom. The van der Waals surface area contributed by atoms with Crippen molar-refractivity contribution in [3.63, 3.8) is 0 Å². The van der Waals surface area contributed by atoms with E-state index in [0.717, 1.165) is 12.8 Å². The Morgan fingerprint density at radius 1 is 1.33 bits per heavy atom. The van der Waals surface area contributed by atoms with Crippen molar-refractivity contribution in [2.24, 2.45) is 0 Å². The van der Waals surface area contributed by atoms with Crippen molar-refractivity contribution in [1.29, 1.82) is 5.26 Å². The van der Waals surface area contributed by atoms with E-state index in [1.165, 1.54) is 12.1 Å². The summed E-state index contributed by atoms with van der Waals surface area (Å²) in [5, 5.41) is 21.3. The van der Waals surface area contributed by atoms with Gasteiger partial charge in [-0.05, 0) is 37.8 Å². The van der Waals surface area contributed by atoms with E-state index in [2.05, 4.69) is 11.4 Å². The number of hydrogen-bond donors (Lipinski definition) is 2. The quantitative estimate of drug-likeness (QED) is 0.818. The van der Waals surface area contributed by atoms with Crippen molar-refractivity contribution in [3.8, 4) is 11.8 Å². The molecule has 0 aliphatic heterocycles. The lowest BCUT2D eigenvalue weighted by atomic mass is 10.00. The van der Waals surface area contributed by atoms with Crippen LogP contribution in [0.4, 0.5) is 0 Å². The first kappa shape index (κ1) is 14.9. The second-order valence-electron chi connectivity index (χ2n) is 5.04. The molecule has 21 heavy (non-hydrogen) atoms. The van der Waals surface area contributed by atoms with Crippen LogP contribution in [0.3, 0.4) is 0 Å². The van der Waals surface area contributed by atoms with Gasteiger partial charge in [0.25, 0.3) is 5.91 Å². The van der Waals surface area contributed by atoms with E-state index in [1.54, 1.807) is 12.1 Å². The van der Waals surface area contributed by atoms with Gasteiger partial charge in [-0.2, -0.15) is 5.26 Å². The third-order valence-electron chi connectivity index (χ3n) is 3.51. The van der Waals surface area contributed by atoms with Crippen molar-refractivity contribution < 1.29 is 19.4 Å². The van der Waals surface area contributed by atoms with Gasteiger partial charge < -0.3 is 15.2 Å². The Balaban J connectivity index is 1.88. The molecule has 0 unspecified atom stereocenters. The van der Waals surface area contributed by atoms with Gasteiger partial charge in [-0.3, -0.25) is 4.79 Å². The summed E-state index contributed by atoms with van der Waals surface area (Å²) in [6, 6.07) is 8.05. The minimum Gasteiger partial charge on any atom is -0.507 e. The van der Waals surface area contributed by atoms with E-state index in [9.17, 15) is 14.7 Å². The number of phenolic OH excluding ortho intramolecular Hbond substituents is 1. The highest BCUT2D eigenvalue weighted by Gasteiger charge is 2.35. The number of nitriles is 1. The van der Waals surface area contributed by atoms with Crippen LogP contribution in [0.1, 0.15) is 36.0 Å². The fraction of sp³-hybridized carbons (Fsp3) is 0.400. The highest BCUT2D eigenvalue weighted by atomic mass is 16.5. The van der Waals surface area contributed by atoms with Crippen LogP contribution in [-0.2, 0) is 9.53 Å². The summed E-state index contributed by atoms with van der Waals surface area (Å²) in [5.74, 6) is -1.49. The highest BCUT2D eigenvalue weighted by Crippen LogP contribution is 2.28. The lowest BCUT2D eigenvalue weighted by molar-refractivity contribution is -0.125. The number of amides is 1. The van der Waals surface area contributed by atoms with Crippen LogP contribution in [0.2, 0.25) is 0 Å². The number of rotatable bonds is 4. The molecule has 0 atom stereocenters. The number of nitrogens with one attached hydrogen (secondary N) is 1. The minimum absolute atomic E-state index is 0.00108. The van der Waals surface area contributed by atoms with Gasteiger partial charge in [0.2, 0.25) is 0 Å². The number of benzene rings is 1. The summed E-state index contributed by atoms with van der Waals surface area (Å²) in [4.78, 5) is 23.5. The number of phenols is 1. The third-order valence-corrected chi connectivity index (χ3v) is 3.51. The van der Waals surface area contributed by atoms with Gasteiger partial charge in [0, 0.05) is 0 Å². The lowest BCUT2D eigenvalue weighted by Gasteiger charge is -2.21. The Bertz CT molecular complexity index is 586. The first-order valence-corrected chi connectivity index (χ1v) is 6.74. The summed E-state index contributed by atoms with van der Waals surface area (Å²) in [6.45, 7) is -0.476. The first-order valence-electron chi connectivity index (χ1n) is 6.74. The van der Waals surface area contributed by atoms with Gasteiger partial charge in [0.05, 0.1) is 6.07 Å². The summed E-state index contributed by atoms with van der Waals surface area (Å²) < 4.78 is 4.85. The van der Waals surface area contributed by atoms with Gasteiger partial charge in [0.15, 0.2) is 6.61 Å². The fourth-order valence-corrected chi connectivity index (χ4v) is 2.40. The summed E-state index contributed by atoms with van der Waals surface area (Å²) in [7, 11) is 0. The molecule has 0 aromatic heterocycles. The largest absolute Gasteiger partial charge is 0.507 e. The van der Waals surface area contributed by atoms with E-state index in [0.29, 0.717) is 12.8 Å². The molecular weight excluding hydrogens is 272 g/mol. The Labute approximate surface area is 122 Å². The van der Waals surface area contributed by atoms with Crippen LogP contribution in [-0.4, -0.2) is 29.1 Å². The van der Waals surface area contributed by atoms with Crippen LogP contribution in [0.15, 0.2) is 24.3 Å². The number of para-hydroxylation sites is 1. The number of carbonyl (C=O) groups is 2. The molecule has 6 nitrogen and oxygen atoms in total. The smallest absolute Gasteiger partial charge is 0.342 e. The molecule has 0 radical (unpaired) electrons. The third kappa shape index (κ3) is 3.51. The molecule has 1 aromatic carbocycles. The number of aromatic hydroxyl groups is 1. The molecule has 0 saturated heterocycles. The Hall–Kier alpha value is -2.55. The predicted molar refractivity (Wildman–Crippen MR) is 73.3 cm³/mol. The molecule has 1 amide bonds. The van der Waals surface area contributed by atoms with E-state index < -0.39 is 24.0 Å². The summed E-state index contributed by atoms with van der Waals surface area (Å²) in [6.07, 6.45) is 3.02. The van der Waals surface area contributed by atoms with Gasteiger partial charge in [-0.25, -0.2) is 4.79 Å². The molecular formula is C15H16N2O4. The predicted octanol–water partition coefficient (Wildman–Crippen LogP) is 1.50. The van der Waals surface area contributed by atoms with Gasteiger partial charge in [0.1, 0.15) is 16.9 Å². The SMILES string of the molecule is N#CC1(NC(=O)COC(=O)c2ccccc2O)CCCC1. The normalized spacial score (nSPS) is 16.0. The molecule has 0 heterocycles. The highest BCUT2D eigenvalue weighted by molar-refractivity contribution is 5.93. The topological polar surface area (TPSA) is 99.4 Å². The number of carbonyl (C=O) groups excluding carboxylic acids is 2. The van der Waals surface area contributed by atoms with Crippen molar-refractivity contribution >= 4 is 11.9 Å². The van der Waals surface area contributed by atoms with Crippen LogP contribution >= 0.6 is 0 Å². The first-order chi connectivity index (χ1) is 10.1. The van der Waals surface area contributed by atoms with E-state index >= 15 is 0 Å². The molecule has 2 N–H and O–H groups in total. The van der Waals surface area contributed by atoms with Crippen LogP contribution in [0.5, 0.6) is 5.75 Å². The van der Waals surface area contributed by atoms with Crippen molar-refractivity contribution in [1.82, 2.24) is 5.32 Å². The van der Waals surface area contributed by atoms with Gasteiger partial charge in [-0.1, -0.05) is 12.1 Å². The number of hydrogen-bond acceptors (Lipinski definition) is 5. The molecule has 0 bridgehead atoms. The number of nitrogens with zero attached hydrogens (tertiary/aromatic N) is 1. The molecule has 1 saturated carbocycles. The monoisotopic (exact) mass is 288 g/mol.